The zero-order valence-corrected chi connectivity index (χ0v) is 28.3. The maximum Gasteiger partial charge on any atom is 0.416 e. The lowest BCUT2D eigenvalue weighted by atomic mass is 9.94. The smallest absolute Gasteiger partial charge is 0.416 e. The first-order chi connectivity index (χ1) is 23.5. The van der Waals surface area contributed by atoms with Crippen molar-refractivity contribution in [2.75, 3.05) is 6.54 Å². The predicted octanol–water partition coefficient (Wildman–Crippen LogP) is 2.57. The molecule has 0 saturated carbocycles. The average Bonchev–Trinajstić information content (AvgIpc) is 3.45. The van der Waals surface area contributed by atoms with E-state index in [9.17, 15) is 41.9 Å². The number of amides is 5. The summed E-state index contributed by atoms with van der Waals surface area (Å²) in [5, 5.41) is 12.6. The molecule has 272 valence electrons. The standard InChI is InChI=1S/C34H43F3N6O7/c1-19(2)14-26(30(46)41-25(15-22-10-12-39-29(22)45)28(44)32(48)40-20(3)4)42-31(47)27(17-24-16-23(11-13-38-24)34(35,36)37)43-33(49)50-18-21-8-6-5-7-9-21/h5-9,11,13,16,19-20,22,25-27H,10,12,14-15,17-18H2,1-4H3,(H,39,45)(H,40,48)(H,41,46)(H,42,47)(H,43,49)/t22-,25-,26-,27-/m0/s1. The molecule has 1 aromatic heterocycles. The molecule has 3 rings (SSSR count). The summed E-state index contributed by atoms with van der Waals surface area (Å²) < 4.78 is 45.5. The number of ketones is 1. The van der Waals surface area contributed by atoms with Crippen LogP contribution in [0.15, 0.2) is 48.7 Å². The summed E-state index contributed by atoms with van der Waals surface area (Å²) in [4.78, 5) is 82.2. The number of pyridine rings is 1. The van der Waals surface area contributed by atoms with Gasteiger partial charge in [0.05, 0.1) is 11.6 Å². The number of carbonyl (C=O) groups excluding carboxylic acids is 6. The molecule has 16 heteroatoms. The molecular weight excluding hydrogens is 661 g/mol. The number of halogens is 3. The monoisotopic (exact) mass is 704 g/mol. The topological polar surface area (TPSA) is 185 Å². The Kier molecular flexibility index (Phi) is 14.3. The highest BCUT2D eigenvalue weighted by atomic mass is 19.4. The number of hydrogen-bond acceptors (Lipinski definition) is 8. The van der Waals surface area contributed by atoms with Crippen LogP contribution in [0, 0.1) is 11.8 Å². The maximum absolute atomic E-state index is 13.7. The number of rotatable bonds is 16. The third kappa shape index (κ3) is 12.5. The van der Waals surface area contributed by atoms with Gasteiger partial charge in [-0.05, 0) is 56.7 Å². The van der Waals surface area contributed by atoms with Gasteiger partial charge in [-0.15, -0.1) is 0 Å². The fraction of sp³-hybridized carbons (Fsp3) is 0.500. The molecule has 5 amide bonds. The van der Waals surface area contributed by atoms with Crippen molar-refractivity contribution in [3.05, 3.63) is 65.5 Å². The van der Waals surface area contributed by atoms with Gasteiger partial charge in [-0.1, -0.05) is 44.2 Å². The van der Waals surface area contributed by atoms with Crippen molar-refractivity contribution in [3.8, 4) is 0 Å². The number of ether oxygens (including phenoxy) is 1. The molecule has 50 heavy (non-hydrogen) atoms. The van der Waals surface area contributed by atoms with E-state index in [1.165, 1.54) is 0 Å². The van der Waals surface area contributed by atoms with Crippen LogP contribution in [0.2, 0.25) is 0 Å². The van der Waals surface area contributed by atoms with E-state index in [1.807, 2.05) is 0 Å². The lowest BCUT2D eigenvalue weighted by molar-refractivity contribution is -0.141. The van der Waals surface area contributed by atoms with Crippen LogP contribution >= 0.6 is 0 Å². The minimum Gasteiger partial charge on any atom is -0.445 e. The third-order valence-electron chi connectivity index (χ3n) is 7.68. The molecule has 0 spiro atoms. The summed E-state index contributed by atoms with van der Waals surface area (Å²) in [7, 11) is 0. The third-order valence-corrected chi connectivity index (χ3v) is 7.68. The van der Waals surface area contributed by atoms with Gasteiger partial charge >= 0.3 is 12.3 Å². The van der Waals surface area contributed by atoms with E-state index in [0.717, 1.165) is 18.3 Å². The summed E-state index contributed by atoms with van der Waals surface area (Å²) in [5.41, 5.74) is -0.554. The van der Waals surface area contributed by atoms with Crippen molar-refractivity contribution in [2.45, 2.75) is 90.3 Å². The summed E-state index contributed by atoms with van der Waals surface area (Å²) in [6, 6.07) is 5.46. The molecule has 0 aliphatic carbocycles. The van der Waals surface area contributed by atoms with Crippen LogP contribution in [-0.4, -0.2) is 71.2 Å². The maximum atomic E-state index is 13.7. The quantitative estimate of drug-likeness (QED) is 0.165. The van der Waals surface area contributed by atoms with Crippen LogP contribution in [0.4, 0.5) is 18.0 Å². The van der Waals surface area contributed by atoms with Crippen LogP contribution in [-0.2, 0) is 47.9 Å². The van der Waals surface area contributed by atoms with Gasteiger partial charge in [-0.3, -0.25) is 29.0 Å². The molecule has 0 unspecified atom stereocenters. The Morgan fingerprint density at radius 1 is 0.920 bits per heavy atom. The molecule has 5 N–H and O–H groups in total. The second-order valence-electron chi connectivity index (χ2n) is 12.8. The lowest BCUT2D eigenvalue weighted by Gasteiger charge is -2.26. The molecule has 0 radical (unpaired) electrons. The second kappa shape index (κ2) is 18.1. The molecular formula is C34H43F3N6O7. The number of hydrogen-bond donors (Lipinski definition) is 5. The molecule has 1 aliphatic rings. The van der Waals surface area contributed by atoms with Gasteiger partial charge in [0.2, 0.25) is 23.5 Å². The first kappa shape index (κ1) is 39.4. The molecule has 0 bridgehead atoms. The Morgan fingerprint density at radius 2 is 1.58 bits per heavy atom. The number of aromatic nitrogens is 1. The highest BCUT2D eigenvalue weighted by Gasteiger charge is 2.37. The van der Waals surface area contributed by atoms with Crippen molar-refractivity contribution in [1.29, 1.82) is 0 Å². The first-order valence-electron chi connectivity index (χ1n) is 16.3. The van der Waals surface area contributed by atoms with Gasteiger partial charge < -0.3 is 31.3 Å². The molecule has 2 heterocycles. The largest absolute Gasteiger partial charge is 0.445 e. The first-order valence-corrected chi connectivity index (χ1v) is 16.3. The second-order valence-corrected chi connectivity index (χ2v) is 12.8. The summed E-state index contributed by atoms with van der Waals surface area (Å²) in [5.74, 6) is -4.90. The summed E-state index contributed by atoms with van der Waals surface area (Å²) in [6.07, 6.45) is -5.07. The van der Waals surface area contributed by atoms with Crippen molar-refractivity contribution >= 4 is 35.5 Å². The number of nitrogens with one attached hydrogen (secondary N) is 5. The highest BCUT2D eigenvalue weighted by Crippen LogP contribution is 2.29. The van der Waals surface area contributed by atoms with Crippen molar-refractivity contribution in [3.63, 3.8) is 0 Å². The Labute approximate surface area is 287 Å². The number of Topliss-reactive ketones (excluding diaryl/α,β-unsaturated/α-hetero) is 1. The Bertz CT molecular complexity index is 1520. The predicted molar refractivity (Wildman–Crippen MR) is 174 cm³/mol. The summed E-state index contributed by atoms with van der Waals surface area (Å²) in [6.45, 7) is 7.02. The van der Waals surface area contributed by atoms with Crippen molar-refractivity contribution < 1.29 is 46.7 Å². The number of alkyl halides is 3. The van der Waals surface area contributed by atoms with E-state index < -0.39 is 71.8 Å². The van der Waals surface area contributed by atoms with Gasteiger partial charge in [0.15, 0.2) is 0 Å². The molecule has 13 nitrogen and oxygen atoms in total. The Morgan fingerprint density at radius 3 is 2.18 bits per heavy atom. The Balaban J connectivity index is 1.85. The highest BCUT2D eigenvalue weighted by molar-refractivity contribution is 6.38. The fourth-order valence-corrected chi connectivity index (χ4v) is 5.22. The van der Waals surface area contributed by atoms with Crippen molar-refractivity contribution in [2.24, 2.45) is 11.8 Å². The Hall–Kier alpha value is -5.02. The van der Waals surface area contributed by atoms with E-state index in [4.69, 9.17) is 4.74 Å². The van der Waals surface area contributed by atoms with E-state index in [0.29, 0.717) is 18.5 Å². The minimum absolute atomic E-state index is 0.0353. The van der Waals surface area contributed by atoms with Gasteiger partial charge in [-0.2, -0.15) is 13.2 Å². The van der Waals surface area contributed by atoms with Gasteiger partial charge in [-0.25, -0.2) is 4.79 Å². The van der Waals surface area contributed by atoms with Crippen LogP contribution in [0.5, 0.6) is 0 Å². The molecule has 1 saturated heterocycles. The van der Waals surface area contributed by atoms with Crippen LogP contribution < -0.4 is 26.6 Å². The van der Waals surface area contributed by atoms with E-state index in [-0.39, 0.29) is 43.0 Å². The number of alkyl carbamates (subject to hydrolysis) is 1. The minimum atomic E-state index is -4.70. The molecule has 1 aliphatic heterocycles. The zero-order chi connectivity index (χ0) is 37.0. The number of carbonyl (C=O) groups is 6. The normalized spacial score (nSPS) is 16.2. The van der Waals surface area contributed by atoms with Crippen LogP contribution in [0.1, 0.15) is 63.8 Å². The number of benzene rings is 1. The lowest BCUT2D eigenvalue weighted by Crippen LogP contribution is -2.58. The molecule has 1 fully saturated rings. The molecule has 1 aromatic carbocycles. The molecule has 2 aromatic rings. The molecule has 4 atom stereocenters. The number of nitrogens with zero attached hydrogens (tertiary/aromatic N) is 1. The average molecular weight is 705 g/mol. The SMILES string of the molecule is CC(C)C[C@H](NC(=O)[C@H](Cc1cc(C(F)(F)F)ccn1)NC(=O)OCc1ccccc1)C(=O)N[C@@H](C[C@@H]1CCNC1=O)C(=O)C(=O)NC(C)C. The fourth-order valence-electron chi connectivity index (χ4n) is 5.22. The van der Waals surface area contributed by atoms with E-state index >= 15 is 0 Å². The van der Waals surface area contributed by atoms with Gasteiger partial charge in [0.1, 0.15) is 18.7 Å². The van der Waals surface area contributed by atoms with Gasteiger partial charge in [0, 0.05) is 36.8 Å². The zero-order valence-electron chi connectivity index (χ0n) is 28.3. The van der Waals surface area contributed by atoms with Crippen molar-refractivity contribution in [1.82, 2.24) is 31.6 Å². The van der Waals surface area contributed by atoms with Crippen LogP contribution in [0.3, 0.4) is 0 Å². The van der Waals surface area contributed by atoms with E-state index in [2.05, 4.69) is 31.6 Å². The summed E-state index contributed by atoms with van der Waals surface area (Å²) >= 11 is 0. The van der Waals surface area contributed by atoms with Crippen LogP contribution in [0.25, 0.3) is 0 Å². The van der Waals surface area contributed by atoms with Gasteiger partial charge in [0.25, 0.3) is 5.91 Å². The van der Waals surface area contributed by atoms with E-state index in [1.54, 1.807) is 58.0 Å².